The van der Waals surface area contributed by atoms with Crippen molar-refractivity contribution >= 4 is 34.7 Å². The highest BCUT2D eigenvalue weighted by Gasteiger charge is 2.17. The van der Waals surface area contributed by atoms with Crippen molar-refractivity contribution in [3.8, 4) is 11.4 Å². The Morgan fingerprint density at radius 1 is 1.15 bits per heavy atom. The van der Waals surface area contributed by atoms with E-state index in [-0.39, 0.29) is 5.91 Å². The predicted octanol–water partition coefficient (Wildman–Crippen LogP) is 4.99. The van der Waals surface area contributed by atoms with Crippen LogP contribution < -0.4 is 5.32 Å². The zero-order chi connectivity index (χ0) is 19.6. The van der Waals surface area contributed by atoms with Gasteiger partial charge in [-0.05, 0) is 63.4 Å². The lowest BCUT2D eigenvalue weighted by Gasteiger charge is -2.09. The smallest absolute Gasteiger partial charge is 0.234 e. The first-order valence-electron chi connectivity index (χ1n) is 8.88. The third-order valence-corrected chi connectivity index (χ3v) is 6.38. The molecule has 0 saturated heterocycles. The molecule has 7 heteroatoms. The van der Waals surface area contributed by atoms with Crippen LogP contribution in [0, 0.1) is 27.7 Å². The van der Waals surface area contributed by atoms with Gasteiger partial charge in [0.05, 0.1) is 5.75 Å². The largest absolute Gasteiger partial charge is 0.325 e. The maximum absolute atomic E-state index is 12.4. The Morgan fingerprint density at radius 2 is 1.85 bits per heavy atom. The van der Waals surface area contributed by atoms with Crippen molar-refractivity contribution in [3.05, 3.63) is 45.1 Å². The van der Waals surface area contributed by atoms with E-state index in [0.29, 0.717) is 5.75 Å². The molecule has 0 unspecified atom stereocenters. The molecule has 0 spiro atoms. The summed E-state index contributed by atoms with van der Waals surface area (Å²) in [6.07, 6.45) is 0. The van der Waals surface area contributed by atoms with Crippen molar-refractivity contribution in [1.29, 1.82) is 0 Å². The second-order valence-electron chi connectivity index (χ2n) is 6.59. The van der Waals surface area contributed by atoms with E-state index in [9.17, 15) is 4.79 Å². The molecule has 1 amide bonds. The third kappa shape index (κ3) is 4.42. The Kier molecular flexibility index (Phi) is 6.01. The highest BCUT2D eigenvalue weighted by atomic mass is 32.2. The summed E-state index contributed by atoms with van der Waals surface area (Å²) in [5.74, 6) is 1.13. The lowest BCUT2D eigenvalue weighted by atomic mass is 10.1. The molecule has 0 bridgehead atoms. The van der Waals surface area contributed by atoms with Gasteiger partial charge in [0.25, 0.3) is 0 Å². The fourth-order valence-electron chi connectivity index (χ4n) is 2.99. The number of thioether (sulfide) groups is 1. The number of nitrogens with one attached hydrogen (secondary N) is 1. The third-order valence-electron chi connectivity index (χ3n) is 4.40. The van der Waals surface area contributed by atoms with Gasteiger partial charge in [0.2, 0.25) is 5.91 Å². The molecular formula is C20H24N4OS2. The van der Waals surface area contributed by atoms with Crippen LogP contribution in [0.1, 0.15) is 28.5 Å². The Balaban J connectivity index is 1.71. The van der Waals surface area contributed by atoms with Gasteiger partial charge in [-0.25, -0.2) is 0 Å². The topological polar surface area (TPSA) is 59.8 Å². The summed E-state index contributed by atoms with van der Waals surface area (Å²) >= 11 is 3.14. The molecule has 0 fully saturated rings. The SMILES string of the molecule is CCn1c(SCC(=O)Nc2cc(C)cc(C)c2)nnc1-c1csc(C)c1C. The van der Waals surface area contributed by atoms with Crippen LogP contribution in [0.2, 0.25) is 0 Å². The summed E-state index contributed by atoms with van der Waals surface area (Å²) < 4.78 is 2.07. The van der Waals surface area contributed by atoms with Gasteiger partial charge in [0, 0.05) is 28.1 Å². The standard InChI is InChI=1S/C20H24N4OS2/c1-6-24-19(17-10-26-15(5)14(17)4)22-23-20(24)27-11-18(25)21-16-8-12(2)7-13(3)9-16/h7-10H,6,11H2,1-5H3,(H,21,25). The molecule has 0 atom stereocenters. The Morgan fingerprint density at radius 3 is 2.44 bits per heavy atom. The second kappa shape index (κ2) is 8.27. The van der Waals surface area contributed by atoms with Crippen LogP contribution in [0.5, 0.6) is 0 Å². The van der Waals surface area contributed by atoms with Gasteiger partial charge in [-0.3, -0.25) is 4.79 Å². The maximum Gasteiger partial charge on any atom is 0.234 e. The Hall–Kier alpha value is -2.12. The molecule has 1 aromatic carbocycles. The zero-order valence-electron chi connectivity index (χ0n) is 16.3. The van der Waals surface area contributed by atoms with Crippen molar-refractivity contribution in [2.75, 3.05) is 11.1 Å². The Bertz CT molecular complexity index is 954. The van der Waals surface area contributed by atoms with Crippen molar-refractivity contribution in [2.45, 2.75) is 46.3 Å². The summed E-state index contributed by atoms with van der Waals surface area (Å²) in [4.78, 5) is 13.6. The highest BCUT2D eigenvalue weighted by Crippen LogP contribution is 2.31. The average molecular weight is 401 g/mol. The number of nitrogens with zero attached hydrogens (tertiary/aromatic N) is 3. The summed E-state index contributed by atoms with van der Waals surface area (Å²) in [6.45, 7) is 11.1. The van der Waals surface area contributed by atoms with Gasteiger partial charge in [-0.15, -0.1) is 21.5 Å². The first-order chi connectivity index (χ1) is 12.9. The molecule has 3 aromatic rings. The van der Waals surface area contributed by atoms with E-state index in [1.54, 1.807) is 11.3 Å². The molecule has 0 aliphatic rings. The number of hydrogen-bond donors (Lipinski definition) is 1. The normalized spacial score (nSPS) is 11.0. The van der Waals surface area contributed by atoms with E-state index < -0.39 is 0 Å². The second-order valence-corrected chi connectivity index (χ2v) is 8.62. The van der Waals surface area contributed by atoms with E-state index >= 15 is 0 Å². The molecule has 2 aromatic heterocycles. The van der Waals surface area contributed by atoms with Gasteiger partial charge in [0.15, 0.2) is 11.0 Å². The van der Waals surface area contributed by atoms with Crippen molar-refractivity contribution in [3.63, 3.8) is 0 Å². The molecule has 0 radical (unpaired) electrons. The monoisotopic (exact) mass is 400 g/mol. The molecule has 142 valence electrons. The van der Waals surface area contributed by atoms with Crippen molar-refractivity contribution in [1.82, 2.24) is 14.8 Å². The van der Waals surface area contributed by atoms with E-state index in [0.717, 1.165) is 39.9 Å². The number of amides is 1. The molecule has 27 heavy (non-hydrogen) atoms. The van der Waals surface area contributed by atoms with Crippen LogP contribution in [-0.2, 0) is 11.3 Å². The number of aryl methyl sites for hydroxylation is 3. The highest BCUT2D eigenvalue weighted by molar-refractivity contribution is 7.99. The molecule has 2 heterocycles. The predicted molar refractivity (Wildman–Crippen MR) is 114 cm³/mol. The molecule has 0 aliphatic heterocycles. The van der Waals surface area contributed by atoms with E-state index in [4.69, 9.17) is 0 Å². The summed E-state index contributed by atoms with van der Waals surface area (Å²) in [5, 5.41) is 14.6. The van der Waals surface area contributed by atoms with Gasteiger partial charge in [-0.2, -0.15) is 0 Å². The molecule has 0 saturated carbocycles. The lowest BCUT2D eigenvalue weighted by molar-refractivity contribution is -0.113. The maximum atomic E-state index is 12.4. The number of carbonyl (C=O) groups excluding carboxylic acids is 1. The minimum absolute atomic E-state index is 0.0419. The zero-order valence-corrected chi connectivity index (χ0v) is 17.9. The van der Waals surface area contributed by atoms with Gasteiger partial charge >= 0.3 is 0 Å². The van der Waals surface area contributed by atoms with Crippen LogP contribution in [-0.4, -0.2) is 26.4 Å². The minimum atomic E-state index is -0.0419. The van der Waals surface area contributed by atoms with Gasteiger partial charge in [0.1, 0.15) is 0 Å². The quantitative estimate of drug-likeness (QED) is 0.592. The van der Waals surface area contributed by atoms with Gasteiger partial charge < -0.3 is 9.88 Å². The fourth-order valence-corrected chi connectivity index (χ4v) is 4.65. The Labute approximate surface area is 168 Å². The lowest BCUT2D eigenvalue weighted by Crippen LogP contribution is -2.15. The number of aromatic nitrogens is 3. The van der Waals surface area contributed by atoms with Crippen LogP contribution in [0.4, 0.5) is 5.69 Å². The van der Waals surface area contributed by atoms with Crippen LogP contribution in [0.25, 0.3) is 11.4 Å². The first-order valence-corrected chi connectivity index (χ1v) is 10.7. The summed E-state index contributed by atoms with van der Waals surface area (Å²) in [5.41, 5.74) is 5.47. The number of thiophene rings is 1. The van der Waals surface area contributed by atoms with E-state index in [2.05, 4.69) is 52.3 Å². The number of rotatable bonds is 6. The van der Waals surface area contributed by atoms with Crippen LogP contribution in [0.3, 0.4) is 0 Å². The van der Waals surface area contributed by atoms with E-state index in [1.165, 1.54) is 22.2 Å². The molecule has 1 N–H and O–H groups in total. The van der Waals surface area contributed by atoms with Crippen molar-refractivity contribution < 1.29 is 4.79 Å². The van der Waals surface area contributed by atoms with Crippen LogP contribution >= 0.6 is 23.1 Å². The summed E-state index contributed by atoms with van der Waals surface area (Å²) in [6, 6.07) is 6.04. The van der Waals surface area contributed by atoms with Crippen molar-refractivity contribution in [2.24, 2.45) is 0 Å². The van der Waals surface area contributed by atoms with E-state index in [1.807, 2.05) is 26.0 Å². The molecule has 3 rings (SSSR count). The summed E-state index contributed by atoms with van der Waals surface area (Å²) in [7, 11) is 0. The number of benzene rings is 1. The fraction of sp³-hybridized carbons (Fsp3) is 0.350. The molecular weight excluding hydrogens is 376 g/mol. The molecule has 5 nitrogen and oxygen atoms in total. The number of carbonyl (C=O) groups is 1. The van der Waals surface area contributed by atoms with Crippen LogP contribution in [0.15, 0.2) is 28.7 Å². The number of hydrogen-bond acceptors (Lipinski definition) is 5. The minimum Gasteiger partial charge on any atom is -0.325 e. The number of anilines is 1. The molecule has 0 aliphatic carbocycles. The van der Waals surface area contributed by atoms with Gasteiger partial charge in [-0.1, -0.05) is 17.8 Å². The average Bonchev–Trinajstić information content (AvgIpc) is 3.15. The first kappa shape index (κ1) is 19.6.